The highest BCUT2D eigenvalue weighted by Crippen LogP contribution is 2.29. The van der Waals surface area contributed by atoms with E-state index in [1.165, 1.54) is 38.8 Å². The molecule has 1 aromatic rings. The van der Waals surface area contributed by atoms with E-state index in [0.29, 0.717) is 12.1 Å². The summed E-state index contributed by atoms with van der Waals surface area (Å²) in [5.74, 6) is 1.09. The largest absolute Gasteiger partial charge is 0.468 e. The molecule has 0 amide bonds. The Morgan fingerprint density at radius 3 is 3.11 bits per heavy atom. The monoisotopic (exact) mass is 248 g/mol. The normalized spacial score (nSPS) is 30.3. The number of nitrogens with one attached hydrogen (secondary N) is 1. The quantitative estimate of drug-likeness (QED) is 0.888. The maximum Gasteiger partial charge on any atom is 0.120 e. The molecule has 3 rings (SSSR count). The van der Waals surface area contributed by atoms with Gasteiger partial charge in [-0.25, -0.2) is 0 Å². The zero-order valence-electron chi connectivity index (χ0n) is 11.3. The standard InChI is InChI=1S/C15H24N2O/c1-2-12(15-7-5-11-18-15)16-13-8-10-17-9-4-3-6-14(13)17/h5,7,11-14,16H,2-4,6,8-10H2,1H3. The Morgan fingerprint density at radius 1 is 1.39 bits per heavy atom. The third-order valence-corrected chi connectivity index (χ3v) is 4.57. The Balaban J connectivity index is 1.65. The van der Waals surface area contributed by atoms with E-state index in [1.54, 1.807) is 6.26 Å². The van der Waals surface area contributed by atoms with Crippen molar-refractivity contribution in [3.63, 3.8) is 0 Å². The molecule has 0 aromatic carbocycles. The van der Waals surface area contributed by atoms with E-state index >= 15 is 0 Å². The average molecular weight is 248 g/mol. The Kier molecular flexibility index (Phi) is 3.71. The molecule has 1 aromatic heterocycles. The highest BCUT2D eigenvalue weighted by Gasteiger charge is 2.36. The summed E-state index contributed by atoms with van der Waals surface area (Å²) in [5, 5.41) is 3.83. The van der Waals surface area contributed by atoms with E-state index in [9.17, 15) is 0 Å². The van der Waals surface area contributed by atoms with E-state index in [-0.39, 0.29) is 0 Å². The van der Waals surface area contributed by atoms with Gasteiger partial charge in [0.2, 0.25) is 0 Å². The molecule has 0 bridgehead atoms. The van der Waals surface area contributed by atoms with Crippen molar-refractivity contribution in [2.24, 2.45) is 0 Å². The lowest BCUT2D eigenvalue weighted by molar-refractivity contribution is 0.174. The van der Waals surface area contributed by atoms with Crippen LogP contribution in [0.3, 0.4) is 0 Å². The molecule has 0 spiro atoms. The van der Waals surface area contributed by atoms with E-state index in [2.05, 4.69) is 23.2 Å². The summed E-state index contributed by atoms with van der Waals surface area (Å²) >= 11 is 0. The van der Waals surface area contributed by atoms with Crippen LogP contribution < -0.4 is 5.32 Å². The number of piperidine rings is 1. The number of rotatable bonds is 4. The van der Waals surface area contributed by atoms with Gasteiger partial charge >= 0.3 is 0 Å². The molecule has 3 atom stereocenters. The van der Waals surface area contributed by atoms with Crippen LogP contribution in [0.15, 0.2) is 22.8 Å². The molecule has 2 saturated heterocycles. The Labute approximate surface area is 110 Å². The van der Waals surface area contributed by atoms with E-state index in [4.69, 9.17) is 4.42 Å². The first-order valence-corrected chi connectivity index (χ1v) is 7.42. The van der Waals surface area contributed by atoms with Gasteiger partial charge in [0.15, 0.2) is 0 Å². The van der Waals surface area contributed by atoms with Gasteiger partial charge in [-0.15, -0.1) is 0 Å². The van der Waals surface area contributed by atoms with Crippen LogP contribution in [0.1, 0.15) is 50.8 Å². The average Bonchev–Trinajstić information content (AvgIpc) is 3.06. The summed E-state index contributed by atoms with van der Waals surface area (Å²) in [7, 11) is 0. The first-order chi connectivity index (χ1) is 8.88. The number of furan rings is 1. The van der Waals surface area contributed by atoms with Crippen molar-refractivity contribution in [3.8, 4) is 0 Å². The van der Waals surface area contributed by atoms with Gasteiger partial charge in [0.05, 0.1) is 12.3 Å². The van der Waals surface area contributed by atoms with Crippen molar-refractivity contribution >= 4 is 0 Å². The highest BCUT2D eigenvalue weighted by atomic mass is 16.3. The molecular weight excluding hydrogens is 224 g/mol. The fraction of sp³-hybridized carbons (Fsp3) is 0.733. The predicted octanol–water partition coefficient (Wildman–Crippen LogP) is 2.95. The van der Waals surface area contributed by atoms with Gasteiger partial charge in [-0.1, -0.05) is 13.3 Å². The fourth-order valence-electron chi connectivity index (χ4n) is 3.59. The zero-order valence-corrected chi connectivity index (χ0v) is 11.3. The molecule has 3 unspecified atom stereocenters. The van der Waals surface area contributed by atoms with Gasteiger partial charge in [0, 0.05) is 18.6 Å². The minimum atomic E-state index is 0.381. The van der Waals surface area contributed by atoms with E-state index in [1.807, 2.05) is 6.07 Å². The third-order valence-electron chi connectivity index (χ3n) is 4.57. The summed E-state index contributed by atoms with van der Waals surface area (Å²) in [6.07, 6.45) is 8.32. The topological polar surface area (TPSA) is 28.4 Å². The molecule has 1 N–H and O–H groups in total. The molecule has 3 nitrogen and oxygen atoms in total. The summed E-state index contributed by atoms with van der Waals surface area (Å²) in [4.78, 5) is 2.68. The van der Waals surface area contributed by atoms with E-state index < -0.39 is 0 Å². The molecule has 2 fully saturated rings. The smallest absolute Gasteiger partial charge is 0.120 e. The molecule has 0 saturated carbocycles. The summed E-state index contributed by atoms with van der Waals surface area (Å²) in [6, 6.07) is 5.88. The molecule has 18 heavy (non-hydrogen) atoms. The van der Waals surface area contributed by atoms with Crippen molar-refractivity contribution in [1.29, 1.82) is 0 Å². The van der Waals surface area contributed by atoms with Gasteiger partial charge in [0.1, 0.15) is 5.76 Å². The van der Waals surface area contributed by atoms with Crippen molar-refractivity contribution in [2.75, 3.05) is 13.1 Å². The first kappa shape index (κ1) is 12.2. The lowest BCUT2D eigenvalue weighted by atomic mass is 9.98. The van der Waals surface area contributed by atoms with Crippen LogP contribution in [0.5, 0.6) is 0 Å². The van der Waals surface area contributed by atoms with Crippen molar-refractivity contribution < 1.29 is 4.42 Å². The van der Waals surface area contributed by atoms with Crippen LogP contribution in [0.25, 0.3) is 0 Å². The number of nitrogens with zero attached hydrogens (tertiary/aromatic N) is 1. The zero-order chi connectivity index (χ0) is 12.4. The minimum Gasteiger partial charge on any atom is -0.468 e. The second kappa shape index (κ2) is 5.45. The fourth-order valence-corrected chi connectivity index (χ4v) is 3.59. The summed E-state index contributed by atoms with van der Waals surface area (Å²) in [5.41, 5.74) is 0. The van der Waals surface area contributed by atoms with Gasteiger partial charge in [-0.05, 0) is 44.4 Å². The van der Waals surface area contributed by atoms with Crippen LogP contribution in [-0.4, -0.2) is 30.1 Å². The highest BCUT2D eigenvalue weighted by molar-refractivity contribution is 5.06. The van der Waals surface area contributed by atoms with Crippen LogP contribution in [-0.2, 0) is 0 Å². The molecule has 2 aliphatic rings. The van der Waals surface area contributed by atoms with Crippen LogP contribution in [0.4, 0.5) is 0 Å². The minimum absolute atomic E-state index is 0.381. The summed E-state index contributed by atoms with van der Waals surface area (Å²) in [6.45, 7) is 4.81. The molecule has 100 valence electrons. The van der Waals surface area contributed by atoms with Crippen LogP contribution in [0, 0.1) is 0 Å². The number of fused-ring (bicyclic) bond motifs is 1. The van der Waals surface area contributed by atoms with Gasteiger partial charge in [-0.3, -0.25) is 4.90 Å². The Bertz CT molecular complexity index is 363. The SMILES string of the molecule is CCC(NC1CCN2CCCCC12)c1ccco1. The maximum absolute atomic E-state index is 5.56. The second-order valence-electron chi connectivity index (χ2n) is 5.64. The lowest BCUT2D eigenvalue weighted by Gasteiger charge is -2.34. The first-order valence-electron chi connectivity index (χ1n) is 7.42. The van der Waals surface area contributed by atoms with Crippen molar-refractivity contribution in [1.82, 2.24) is 10.2 Å². The number of hydrogen-bond donors (Lipinski definition) is 1. The third kappa shape index (κ3) is 2.34. The molecule has 2 aliphatic heterocycles. The van der Waals surface area contributed by atoms with E-state index in [0.717, 1.165) is 18.2 Å². The molecular formula is C15H24N2O. The van der Waals surface area contributed by atoms with Gasteiger partial charge < -0.3 is 9.73 Å². The van der Waals surface area contributed by atoms with Crippen molar-refractivity contribution in [2.45, 2.75) is 57.2 Å². The molecule has 3 heteroatoms. The molecule has 0 radical (unpaired) electrons. The maximum atomic E-state index is 5.56. The number of hydrogen-bond acceptors (Lipinski definition) is 3. The van der Waals surface area contributed by atoms with Crippen LogP contribution in [0.2, 0.25) is 0 Å². The van der Waals surface area contributed by atoms with Gasteiger partial charge in [-0.2, -0.15) is 0 Å². The molecule has 0 aliphatic carbocycles. The van der Waals surface area contributed by atoms with Crippen molar-refractivity contribution in [3.05, 3.63) is 24.2 Å². The predicted molar refractivity (Wildman–Crippen MR) is 72.5 cm³/mol. The van der Waals surface area contributed by atoms with Crippen LogP contribution >= 0.6 is 0 Å². The molecule has 3 heterocycles. The Hall–Kier alpha value is -0.800. The lowest BCUT2D eigenvalue weighted by Crippen LogP contribution is -2.45. The Morgan fingerprint density at radius 2 is 2.33 bits per heavy atom. The second-order valence-corrected chi connectivity index (χ2v) is 5.64. The van der Waals surface area contributed by atoms with Gasteiger partial charge in [0.25, 0.3) is 0 Å². The summed E-state index contributed by atoms with van der Waals surface area (Å²) < 4.78 is 5.56.